The second-order valence-electron chi connectivity index (χ2n) is 7.83. The van der Waals surface area contributed by atoms with Gasteiger partial charge in [-0.2, -0.15) is 9.13 Å². The molecule has 2 aromatic carbocycles. The first-order valence-corrected chi connectivity index (χ1v) is 10.6. The minimum Gasteiger partial charge on any atom is -0.381 e. The largest absolute Gasteiger partial charge is 0.386 e. The van der Waals surface area contributed by atoms with E-state index in [0.717, 1.165) is 0 Å². The SMILES string of the molecule is O=c1oc(=O)c2nc3c(nc12)[n+](-c1ccccc1)c1nc2c(=O)oc(=O)c2nc1[n+]3-c1ccccc1. The lowest BCUT2D eigenvalue weighted by Crippen LogP contribution is -2.45. The van der Waals surface area contributed by atoms with E-state index in [2.05, 4.69) is 19.9 Å². The summed E-state index contributed by atoms with van der Waals surface area (Å²) < 4.78 is 12.5. The maximum absolute atomic E-state index is 12.3. The number of benzene rings is 2. The second-order valence-corrected chi connectivity index (χ2v) is 7.83. The molecule has 0 amide bonds. The van der Waals surface area contributed by atoms with Crippen LogP contribution in [0.4, 0.5) is 0 Å². The van der Waals surface area contributed by atoms with Crippen molar-refractivity contribution in [2.24, 2.45) is 0 Å². The molecular formula is C24H10N6O6+2. The van der Waals surface area contributed by atoms with Gasteiger partial charge in [0.15, 0.2) is 0 Å². The Morgan fingerprint density at radius 2 is 0.722 bits per heavy atom. The predicted octanol–water partition coefficient (Wildman–Crippen LogP) is -0.0648. The van der Waals surface area contributed by atoms with E-state index < -0.39 is 22.5 Å². The summed E-state index contributed by atoms with van der Waals surface area (Å²) in [5.41, 5.74) is -3.07. The Hall–Kier alpha value is -5.52. The van der Waals surface area contributed by atoms with Gasteiger partial charge in [0.25, 0.3) is 22.1 Å². The number of rotatable bonds is 2. The zero-order valence-corrected chi connectivity index (χ0v) is 17.9. The van der Waals surface area contributed by atoms with Gasteiger partial charge in [-0.15, -0.1) is 0 Å². The number of fused-ring (bicyclic) bond motifs is 4. The van der Waals surface area contributed by atoms with Crippen LogP contribution in [0.5, 0.6) is 0 Å². The van der Waals surface area contributed by atoms with Crippen LogP contribution in [0.1, 0.15) is 0 Å². The molecule has 0 unspecified atom stereocenters. The molecule has 0 aliphatic carbocycles. The smallest absolute Gasteiger partial charge is 0.381 e. The maximum Gasteiger partial charge on any atom is 0.386 e. The van der Waals surface area contributed by atoms with E-state index in [4.69, 9.17) is 8.83 Å². The topological polar surface area (TPSA) is 154 Å². The van der Waals surface area contributed by atoms with Crippen molar-refractivity contribution in [1.82, 2.24) is 19.9 Å². The molecule has 170 valence electrons. The van der Waals surface area contributed by atoms with Gasteiger partial charge >= 0.3 is 45.1 Å². The van der Waals surface area contributed by atoms with Gasteiger partial charge in [-0.1, -0.05) is 56.3 Å². The molecule has 0 saturated carbocycles. The van der Waals surface area contributed by atoms with E-state index in [1.165, 1.54) is 9.13 Å². The van der Waals surface area contributed by atoms with Crippen LogP contribution in [0.15, 0.2) is 88.7 Å². The number of para-hydroxylation sites is 2. The van der Waals surface area contributed by atoms with E-state index in [-0.39, 0.29) is 44.7 Å². The summed E-state index contributed by atoms with van der Waals surface area (Å²) in [4.78, 5) is 67.2. The number of hydrogen-bond donors (Lipinski definition) is 0. The molecule has 7 rings (SSSR count). The van der Waals surface area contributed by atoms with Crippen molar-refractivity contribution >= 4 is 44.7 Å². The lowest BCUT2D eigenvalue weighted by Gasteiger charge is -2.08. The molecule has 7 aromatic rings. The Kier molecular flexibility index (Phi) is 3.87. The molecule has 12 heteroatoms. The van der Waals surface area contributed by atoms with Crippen molar-refractivity contribution in [3.8, 4) is 11.4 Å². The van der Waals surface area contributed by atoms with Crippen LogP contribution in [-0.4, -0.2) is 19.9 Å². The van der Waals surface area contributed by atoms with Gasteiger partial charge < -0.3 is 8.83 Å². The second kappa shape index (κ2) is 6.99. The predicted molar refractivity (Wildman–Crippen MR) is 123 cm³/mol. The fourth-order valence-electron chi connectivity index (χ4n) is 4.21. The van der Waals surface area contributed by atoms with Crippen molar-refractivity contribution in [1.29, 1.82) is 0 Å². The zero-order valence-electron chi connectivity index (χ0n) is 17.9. The van der Waals surface area contributed by atoms with Gasteiger partial charge in [0, 0.05) is 0 Å². The molecule has 0 N–H and O–H groups in total. The molecular weight excluding hydrogens is 468 g/mol. The van der Waals surface area contributed by atoms with E-state index in [1.807, 2.05) is 0 Å². The van der Waals surface area contributed by atoms with Gasteiger partial charge in [-0.05, 0) is 24.3 Å². The highest BCUT2D eigenvalue weighted by Gasteiger charge is 2.35. The molecule has 12 nitrogen and oxygen atoms in total. The average Bonchev–Trinajstić information content (AvgIpc) is 3.34. The number of aromatic nitrogens is 6. The molecule has 0 saturated heterocycles. The van der Waals surface area contributed by atoms with Crippen LogP contribution in [0.3, 0.4) is 0 Å². The highest BCUT2D eigenvalue weighted by molar-refractivity contribution is 5.83. The van der Waals surface area contributed by atoms with Gasteiger partial charge in [0.2, 0.25) is 0 Å². The summed E-state index contributed by atoms with van der Waals surface area (Å²) in [6.07, 6.45) is 0. The molecule has 0 radical (unpaired) electrons. The van der Waals surface area contributed by atoms with Gasteiger partial charge in [-0.25, -0.2) is 19.2 Å². The van der Waals surface area contributed by atoms with Crippen LogP contribution in [0, 0.1) is 0 Å². The van der Waals surface area contributed by atoms with E-state index in [9.17, 15) is 19.2 Å². The third-order valence-corrected chi connectivity index (χ3v) is 5.74. The highest BCUT2D eigenvalue weighted by Crippen LogP contribution is 2.17. The normalized spacial score (nSPS) is 11.8. The minimum atomic E-state index is -0.926. The summed E-state index contributed by atoms with van der Waals surface area (Å²) in [5.74, 6) is 0. The quantitative estimate of drug-likeness (QED) is 0.244. The molecule has 0 fully saturated rings. The Morgan fingerprint density at radius 1 is 0.444 bits per heavy atom. The Labute approximate surface area is 196 Å². The molecule has 0 spiro atoms. The van der Waals surface area contributed by atoms with Gasteiger partial charge in [0.1, 0.15) is 11.4 Å². The molecule has 36 heavy (non-hydrogen) atoms. The lowest BCUT2D eigenvalue weighted by molar-refractivity contribution is -0.587. The summed E-state index contributed by atoms with van der Waals surface area (Å²) >= 11 is 0. The highest BCUT2D eigenvalue weighted by atomic mass is 16.4. The number of hydrogen-bond acceptors (Lipinski definition) is 10. The van der Waals surface area contributed by atoms with Crippen molar-refractivity contribution in [2.75, 3.05) is 0 Å². The third kappa shape index (κ3) is 2.63. The maximum atomic E-state index is 12.3. The fraction of sp³-hybridized carbons (Fsp3) is 0. The van der Waals surface area contributed by atoms with E-state index in [0.29, 0.717) is 11.4 Å². The van der Waals surface area contributed by atoms with E-state index >= 15 is 0 Å². The first kappa shape index (κ1) is 19.9. The fourth-order valence-corrected chi connectivity index (χ4v) is 4.21. The first-order valence-electron chi connectivity index (χ1n) is 10.6. The van der Waals surface area contributed by atoms with E-state index in [1.54, 1.807) is 60.7 Å². The monoisotopic (exact) mass is 478 g/mol. The Bertz CT molecular complexity index is 1960. The molecule has 0 aliphatic heterocycles. The number of nitrogens with zero attached hydrogens (tertiary/aromatic N) is 6. The third-order valence-electron chi connectivity index (χ3n) is 5.74. The molecule has 0 atom stereocenters. The van der Waals surface area contributed by atoms with Crippen LogP contribution in [0.2, 0.25) is 0 Å². The molecule has 0 bridgehead atoms. The summed E-state index contributed by atoms with van der Waals surface area (Å²) in [6.45, 7) is 0. The molecule has 5 heterocycles. The van der Waals surface area contributed by atoms with Crippen LogP contribution in [-0.2, 0) is 0 Å². The Balaban J connectivity index is 1.85. The number of furan rings is 2. The summed E-state index contributed by atoms with van der Waals surface area (Å²) in [6, 6.07) is 17.7. The summed E-state index contributed by atoms with van der Waals surface area (Å²) in [5, 5.41) is 0. The van der Waals surface area contributed by atoms with Crippen molar-refractivity contribution in [3.05, 3.63) is 102 Å². The minimum absolute atomic E-state index is 0.134. The van der Waals surface area contributed by atoms with Crippen LogP contribution >= 0.6 is 0 Å². The van der Waals surface area contributed by atoms with Gasteiger partial charge in [0.05, 0.1) is 0 Å². The zero-order chi connectivity index (χ0) is 24.6. The lowest BCUT2D eigenvalue weighted by atomic mass is 10.2. The van der Waals surface area contributed by atoms with Crippen molar-refractivity contribution in [2.45, 2.75) is 0 Å². The molecule has 5 aromatic heterocycles. The molecule has 0 aliphatic rings. The van der Waals surface area contributed by atoms with Gasteiger partial charge in [-0.3, -0.25) is 0 Å². The Morgan fingerprint density at radius 3 is 1.00 bits per heavy atom. The van der Waals surface area contributed by atoms with Crippen molar-refractivity contribution < 1.29 is 18.0 Å². The standard InChI is InChI=1S/C24H10N6O6/c31-21-13-15(23(33)35-21)27-19-17(25-13)29(11-7-3-1-4-8-11)18-20(30(19)12-9-5-2-6-10-12)28-16-14(26-18)22(32)36-24(16)34/h1-10H/q+2. The average molecular weight is 478 g/mol. The first-order chi connectivity index (χ1) is 17.5. The van der Waals surface area contributed by atoms with Crippen LogP contribution < -0.4 is 31.6 Å². The summed E-state index contributed by atoms with van der Waals surface area (Å²) in [7, 11) is 0. The van der Waals surface area contributed by atoms with Crippen LogP contribution in [0.25, 0.3) is 56.0 Å². The van der Waals surface area contributed by atoms with Crippen molar-refractivity contribution in [3.63, 3.8) is 0 Å².